The Labute approximate surface area is 118 Å². The van der Waals surface area contributed by atoms with Gasteiger partial charge in [0.05, 0.1) is 5.56 Å². The third-order valence-corrected chi connectivity index (χ3v) is 4.29. The Kier molecular flexibility index (Phi) is 4.44. The van der Waals surface area contributed by atoms with Gasteiger partial charge in [-0.05, 0) is 35.9 Å². The van der Waals surface area contributed by atoms with Crippen LogP contribution in [-0.4, -0.2) is 11.1 Å². The van der Waals surface area contributed by atoms with E-state index in [1.165, 1.54) is 5.56 Å². The maximum Gasteiger partial charge on any atom is 0.335 e. The molecule has 0 fully saturated rings. The minimum atomic E-state index is -0.891. The molecule has 18 heavy (non-hydrogen) atoms. The summed E-state index contributed by atoms with van der Waals surface area (Å²) in [6.45, 7) is 0. The largest absolute Gasteiger partial charge is 0.478 e. The molecule has 0 bridgehead atoms. The molecule has 2 rings (SSSR count). The standard InChI is InChI=1S/C14H11BrO2S/c15-13-4-2-1-3-11(13)9-18-12-7-5-10(6-8-12)14(16)17/h1-8H,9H2,(H,16,17). The van der Waals surface area contributed by atoms with Crippen molar-refractivity contribution in [3.8, 4) is 0 Å². The van der Waals surface area contributed by atoms with Gasteiger partial charge in [-0.15, -0.1) is 11.8 Å². The second-order valence-corrected chi connectivity index (χ2v) is 5.61. The number of hydrogen-bond donors (Lipinski definition) is 1. The van der Waals surface area contributed by atoms with Gasteiger partial charge < -0.3 is 5.11 Å². The minimum Gasteiger partial charge on any atom is -0.478 e. The van der Waals surface area contributed by atoms with Crippen molar-refractivity contribution < 1.29 is 9.90 Å². The van der Waals surface area contributed by atoms with Gasteiger partial charge in [-0.2, -0.15) is 0 Å². The summed E-state index contributed by atoms with van der Waals surface area (Å²) in [4.78, 5) is 11.8. The van der Waals surface area contributed by atoms with Gasteiger partial charge in [0.2, 0.25) is 0 Å². The molecule has 1 N–H and O–H groups in total. The molecule has 0 atom stereocenters. The van der Waals surface area contributed by atoms with E-state index < -0.39 is 5.97 Å². The predicted molar refractivity (Wildman–Crippen MR) is 77.1 cm³/mol. The summed E-state index contributed by atoms with van der Waals surface area (Å²) in [5.74, 6) is -0.0363. The van der Waals surface area contributed by atoms with E-state index in [-0.39, 0.29) is 0 Å². The molecule has 4 heteroatoms. The molecule has 0 saturated heterocycles. The highest BCUT2D eigenvalue weighted by Gasteiger charge is 2.03. The van der Waals surface area contributed by atoms with Gasteiger partial charge in [-0.25, -0.2) is 4.79 Å². The van der Waals surface area contributed by atoms with Gasteiger partial charge in [0.15, 0.2) is 0 Å². The van der Waals surface area contributed by atoms with E-state index in [2.05, 4.69) is 22.0 Å². The molecule has 92 valence electrons. The highest BCUT2D eigenvalue weighted by atomic mass is 79.9. The molecule has 0 spiro atoms. The van der Waals surface area contributed by atoms with Crippen LogP contribution in [0.15, 0.2) is 57.9 Å². The van der Waals surface area contributed by atoms with E-state index in [1.54, 1.807) is 23.9 Å². The molecule has 0 aliphatic rings. The SMILES string of the molecule is O=C(O)c1ccc(SCc2ccccc2Br)cc1. The molecule has 0 saturated carbocycles. The smallest absolute Gasteiger partial charge is 0.335 e. The maximum atomic E-state index is 10.7. The fraction of sp³-hybridized carbons (Fsp3) is 0.0714. The Balaban J connectivity index is 2.02. The van der Waals surface area contributed by atoms with Crippen LogP contribution in [0, 0.1) is 0 Å². The van der Waals surface area contributed by atoms with Crippen LogP contribution in [0.4, 0.5) is 0 Å². The van der Waals surface area contributed by atoms with E-state index in [1.807, 2.05) is 30.3 Å². The van der Waals surface area contributed by atoms with Crippen LogP contribution in [0.3, 0.4) is 0 Å². The molecule has 0 unspecified atom stereocenters. The first-order chi connectivity index (χ1) is 8.66. The monoisotopic (exact) mass is 322 g/mol. The third kappa shape index (κ3) is 3.37. The molecule has 0 amide bonds. The lowest BCUT2D eigenvalue weighted by Crippen LogP contribution is -1.94. The van der Waals surface area contributed by atoms with Gasteiger partial charge in [-0.1, -0.05) is 34.1 Å². The van der Waals surface area contributed by atoms with Crippen molar-refractivity contribution in [2.24, 2.45) is 0 Å². The lowest BCUT2D eigenvalue weighted by molar-refractivity contribution is 0.0697. The van der Waals surface area contributed by atoms with E-state index >= 15 is 0 Å². The van der Waals surface area contributed by atoms with Crippen LogP contribution in [0.2, 0.25) is 0 Å². The number of thioether (sulfide) groups is 1. The number of carboxylic acids is 1. The second-order valence-electron chi connectivity index (χ2n) is 3.71. The van der Waals surface area contributed by atoms with Gasteiger partial charge in [0, 0.05) is 15.1 Å². The van der Waals surface area contributed by atoms with Gasteiger partial charge >= 0.3 is 5.97 Å². The van der Waals surface area contributed by atoms with Crippen LogP contribution in [0.25, 0.3) is 0 Å². The quantitative estimate of drug-likeness (QED) is 0.845. The summed E-state index contributed by atoms with van der Waals surface area (Å²) < 4.78 is 1.10. The zero-order valence-electron chi connectivity index (χ0n) is 9.47. The molecular weight excluding hydrogens is 312 g/mol. The topological polar surface area (TPSA) is 37.3 Å². The zero-order valence-corrected chi connectivity index (χ0v) is 11.9. The highest BCUT2D eigenvalue weighted by Crippen LogP contribution is 2.26. The molecule has 0 aliphatic heterocycles. The Morgan fingerprint density at radius 1 is 1.11 bits per heavy atom. The van der Waals surface area contributed by atoms with Gasteiger partial charge in [0.25, 0.3) is 0 Å². The number of hydrogen-bond acceptors (Lipinski definition) is 2. The van der Waals surface area contributed by atoms with Crippen molar-refractivity contribution >= 4 is 33.7 Å². The van der Waals surface area contributed by atoms with E-state index in [4.69, 9.17) is 5.11 Å². The molecular formula is C14H11BrO2S. The summed E-state index contributed by atoms with van der Waals surface area (Å²) in [7, 11) is 0. The Morgan fingerprint density at radius 2 is 1.78 bits per heavy atom. The number of halogens is 1. The minimum absolute atomic E-state index is 0.320. The molecule has 2 aromatic rings. The van der Waals surface area contributed by atoms with Crippen LogP contribution in [-0.2, 0) is 5.75 Å². The number of carbonyl (C=O) groups is 1. The Morgan fingerprint density at radius 3 is 2.39 bits per heavy atom. The van der Waals surface area contributed by atoms with E-state index in [0.717, 1.165) is 15.1 Å². The Hall–Kier alpha value is -1.26. The molecule has 0 aromatic heterocycles. The van der Waals surface area contributed by atoms with Gasteiger partial charge in [0.1, 0.15) is 0 Å². The predicted octanol–water partition coefficient (Wildman–Crippen LogP) is 4.44. The van der Waals surface area contributed by atoms with Gasteiger partial charge in [-0.3, -0.25) is 0 Å². The fourth-order valence-corrected chi connectivity index (χ4v) is 2.98. The summed E-state index contributed by atoms with van der Waals surface area (Å²) >= 11 is 5.19. The molecule has 2 aromatic carbocycles. The van der Waals surface area contributed by atoms with E-state index in [0.29, 0.717) is 5.56 Å². The zero-order chi connectivity index (χ0) is 13.0. The summed E-state index contributed by atoms with van der Waals surface area (Å²) in [5, 5.41) is 8.81. The first-order valence-corrected chi connectivity index (χ1v) is 7.14. The van der Waals surface area contributed by atoms with Crippen molar-refractivity contribution in [3.63, 3.8) is 0 Å². The molecule has 0 heterocycles. The van der Waals surface area contributed by atoms with Crippen molar-refractivity contribution in [2.75, 3.05) is 0 Å². The van der Waals surface area contributed by atoms with E-state index in [9.17, 15) is 4.79 Å². The molecule has 0 radical (unpaired) electrons. The lowest BCUT2D eigenvalue weighted by Gasteiger charge is -2.04. The number of aromatic carboxylic acids is 1. The fourth-order valence-electron chi connectivity index (χ4n) is 1.47. The summed E-state index contributed by atoms with van der Waals surface area (Å²) in [6.07, 6.45) is 0. The number of rotatable bonds is 4. The average molecular weight is 323 g/mol. The second kappa shape index (κ2) is 6.07. The van der Waals surface area contributed by atoms with Crippen LogP contribution in [0.5, 0.6) is 0 Å². The average Bonchev–Trinajstić information content (AvgIpc) is 2.38. The first-order valence-electron chi connectivity index (χ1n) is 5.36. The molecule has 2 nitrogen and oxygen atoms in total. The van der Waals surface area contributed by atoms with Crippen LogP contribution >= 0.6 is 27.7 Å². The third-order valence-electron chi connectivity index (χ3n) is 2.45. The molecule has 0 aliphatic carbocycles. The summed E-state index contributed by atoms with van der Waals surface area (Å²) in [6, 6.07) is 15.0. The van der Waals surface area contributed by atoms with Crippen LogP contribution in [0.1, 0.15) is 15.9 Å². The number of carboxylic acid groups (broad SMARTS) is 1. The number of benzene rings is 2. The highest BCUT2D eigenvalue weighted by molar-refractivity contribution is 9.10. The first kappa shape index (κ1) is 13.2. The van der Waals surface area contributed by atoms with Crippen molar-refractivity contribution in [2.45, 2.75) is 10.6 Å². The van der Waals surface area contributed by atoms with Crippen molar-refractivity contribution in [1.82, 2.24) is 0 Å². The Bertz CT molecular complexity index is 552. The summed E-state index contributed by atoms with van der Waals surface area (Å²) in [5.41, 5.74) is 1.55. The lowest BCUT2D eigenvalue weighted by atomic mass is 10.2. The van der Waals surface area contributed by atoms with Crippen molar-refractivity contribution in [3.05, 3.63) is 64.1 Å². The normalized spacial score (nSPS) is 10.3. The van der Waals surface area contributed by atoms with Crippen molar-refractivity contribution in [1.29, 1.82) is 0 Å². The maximum absolute atomic E-state index is 10.7. The van der Waals surface area contributed by atoms with Crippen LogP contribution < -0.4 is 0 Å².